The fourth-order valence-corrected chi connectivity index (χ4v) is 10.1. The minimum Gasteiger partial charge on any atom is -0.507 e. The number of fused-ring (bicyclic) bond motifs is 2. The Morgan fingerprint density at radius 3 is 2.52 bits per heavy atom. The summed E-state index contributed by atoms with van der Waals surface area (Å²) >= 11 is 0. The minimum atomic E-state index is -1.78. The number of phenols is 2. The number of rotatable bonds is 7. The van der Waals surface area contributed by atoms with Crippen LogP contribution in [-0.4, -0.2) is 116 Å². The third kappa shape index (κ3) is 6.61. The van der Waals surface area contributed by atoms with Gasteiger partial charge in [0.15, 0.2) is 5.78 Å². The van der Waals surface area contributed by atoms with E-state index >= 15 is 0 Å². The van der Waals surface area contributed by atoms with E-state index in [1.165, 1.54) is 24.6 Å². The molecule has 266 valence electrons. The summed E-state index contributed by atoms with van der Waals surface area (Å²) in [6.45, 7) is 5.24. The van der Waals surface area contributed by atoms with Crippen LogP contribution >= 0.6 is 21.6 Å². The predicted octanol–water partition coefficient (Wildman–Crippen LogP) is 3.21. The van der Waals surface area contributed by atoms with E-state index in [0.29, 0.717) is 26.1 Å². The van der Waals surface area contributed by atoms with Crippen LogP contribution in [0.5, 0.6) is 17.2 Å². The number of benzene rings is 2. The van der Waals surface area contributed by atoms with Crippen molar-refractivity contribution in [2.24, 2.45) is 17.3 Å². The number of phenolic OH excluding ortho intramolecular Hbond substituents is 2. The smallest absolute Gasteiger partial charge is 0.335 e. The van der Waals surface area contributed by atoms with Gasteiger partial charge in [0.2, 0.25) is 6.29 Å². The van der Waals surface area contributed by atoms with Crippen molar-refractivity contribution in [1.82, 2.24) is 0 Å². The van der Waals surface area contributed by atoms with E-state index in [1.54, 1.807) is 10.8 Å². The number of carbonyl (C=O) groups excluding carboxylic acids is 1. The van der Waals surface area contributed by atoms with Gasteiger partial charge in [0.05, 0.1) is 29.7 Å². The van der Waals surface area contributed by atoms with Gasteiger partial charge in [0.1, 0.15) is 47.1 Å². The Labute approximate surface area is 285 Å². The maximum absolute atomic E-state index is 12.4. The summed E-state index contributed by atoms with van der Waals surface area (Å²) < 4.78 is 24.3. The quantitative estimate of drug-likeness (QED) is 0.125. The molecule has 0 radical (unpaired) electrons. The lowest BCUT2D eigenvalue weighted by Gasteiger charge is -2.51. The van der Waals surface area contributed by atoms with E-state index in [1.807, 2.05) is 0 Å². The van der Waals surface area contributed by atoms with Gasteiger partial charge in [-0.05, 0) is 63.5 Å². The van der Waals surface area contributed by atoms with Gasteiger partial charge >= 0.3 is 5.97 Å². The van der Waals surface area contributed by atoms with Crippen LogP contribution in [0.1, 0.15) is 65.8 Å². The largest absolute Gasteiger partial charge is 0.507 e. The Kier molecular flexibility index (Phi) is 11.4. The summed E-state index contributed by atoms with van der Waals surface area (Å²) in [5.41, 5.74) is -2.30. The van der Waals surface area contributed by atoms with Gasteiger partial charge in [-0.3, -0.25) is 4.79 Å². The van der Waals surface area contributed by atoms with Crippen LogP contribution in [0, 0.1) is 24.2 Å². The summed E-state index contributed by atoms with van der Waals surface area (Å²) in [7, 11) is 2.98. The molecular weight excluding hydrogens is 668 g/mol. The second kappa shape index (κ2) is 14.9. The number of carbonyl (C=O) groups is 2. The van der Waals surface area contributed by atoms with Gasteiger partial charge in [-0.2, -0.15) is 0 Å². The molecule has 2 aromatic carbocycles. The summed E-state index contributed by atoms with van der Waals surface area (Å²) in [5, 5.41) is 75.4. The van der Waals surface area contributed by atoms with Crippen molar-refractivity contribution in [2.75, 3.05) is 38.1 Å². The molecule has 0 aliphatic carbocycles. The van der Waals surface area contributed by atoms with Crippen LogP contribution in [0.2, 0.25) is 0 Å². The number of aliphatic hydroxyl groups excluding tert-OH is 4. The topological polar surface area (TPSA) is 213 Å². The molecule has 3 heterocycles. The van der Waals surface area contributed by atoms with E-state index in [4.69, 9.17) is 18.9 Å². The maximum Gasteiger partial charge on any atom is 0.335 e. The highest BCUT2D eigenvalue weighted by molar-refractivity contribution is 8.76. The molecule has 5 rings (SSSR count). The Balaban J connectivity index is 1.50. The number of Topliss-reactive ketones (excluding diaryl/α,β-unsaturated/α-hetero) is 1. The van der Waals surface area contributed by atoms with Gasteiger partial charge < -0.3 is 54.7 Å². The number of ether oxygens (including phenoxy) is 4. The van der Waals surface area contributed by atoms with Crippen molar-refractivity contribution in [3.05, 3.63) is 28.8 Å². The van der Waals surface area contributed by atoms with Crippen LogP contribution in [0.4, 0.5) is 0 Å². The first-order chi connectivity index (χ1) is 22.8. The Hall–Kier alpha value is -2.34. The monoisotopic (exact) mass is 712 g/mol. The highest BCUT2D eigenvalue weighted by Crippen LogP contribution is 2.50. The number of hydrogen-bond donors (Lipinski definition) is 7. The molecule has 0 amide bonds. The second-order valence-corrected chi connectivity index (χ2v) is 15.5. The van der Waals surface area contributed by atoms with E-state index in [0.717, 1.165) is 24.3 Å². The van der Waals surface area contributed by atoms with E-state index in [-0.39, 0.29) is 69.4 Å². The zero-order valence-corrected chi connectivity index (χ0v) is 28.7. The lowest BCUT2D eigenvalue weighted by molar-refractivity contribution is -0.322. The number of carboxylic acids is 1. The van der Waals surface area contributed by atoms with Crippen LogP contribution in [-0.2, 0) is 14.2 Å². The van der Waals surface area contributed by atoms with Gasteiger partial charge in [-0.1, -0.05) is 28.5 Å². The minimum absolute atomic E-state index is 0.0304. The molecule has 2 aromatic rings. The van der Waals surface area contributed by atoms with Gasteiger partial charge in [0, 0.05) is 35.3 Å². The number of hydrogen-bond acceptors (Lipinski definition) is 14. The van der Waals surface area contributed by atoms with Crippen molar-refractivity contribution < 1.29 is 64.3 Å². The standard InChI is InChI=1S/C33H44O13S2/c1-16-4-6-33(44-15-48-47-14-32(7-8-34)13-43-9-5-21(16)32)23(12-35)46-31(28(39)29(33)40)45-22-11-19(30(41)42)10-20-25(22)27(38)24(18(3)36)17(2)26(20)37/h10-11,16,21,23,28-29,31,34-35,37-40H,4-9,12-15H2,1-3H3,(H,41,42)/t16-,21-,23+,28+,29+,31+,32+,33+/m0/s1. The molecule has 8 atom stereocenters. The summed E-state index contributed by atoms with van der Waals surface area (Å²) in [4.78, 5) is 24.4. The molecule has 3 aliphatic heterocycles. The normalized spacial score (nSPS) is 33.1. The van der Waals surface area contributed by atoms with Crippen LogP contribution in [0.25, 0.3) is 10.8 Å². The molecule has 48 heavy (non-hydrogen) atoms. The number of aromatic carboxylic acids is 1. The molecule has 15 heteroatoms. The molecule has 3 fully saturated rings. The molecule has 7 N–H and O–H groups in total. The van der Waals surface area contributed by atoms with Gasteiger partial charge in [-0.15, -0.1) is 0 Å². The fourth-order valence-electron chi connectivity index (χ4n) is 7.75. The van der Waals surface area contributed by atoms with Crippen molar-refractivity contribution in [3.8, 4) is 17.2 Å². The summed E-state index contributed by atoms with van der Waals surface area (Å²) in [5.74, 6) is -2.18. The molecule has 0 bridgehead atoms. The molecule has 3 aliphatic rings. The zero-order valence-electron chi connectivity index (χ0n) is 27.1. The highest BCUT2D eigenvalue weighted by atomic mass is 33.1. The van der Waals surface area contributed by atoms with Gasteiger partial charge in [-0.25, -0.2) is 4.79 Å². The second-order valence-electron chi connectivity index (χ2n) is 13.1. The summed E-state index contributed by atoms with van der Waals surface area (Å²) in [6.07, 6.45) is -4.19. The van der Waals surface area contributed by atoms with Crippen molar-refractivity contribution in [2.45, 2.75) is 76.7 Å². The molecule has 1 spiro atoms. The molecule has 3 saturated heterocycles. The third-order valence-corrected chi connectivity index (χ3v) is 12.6. The zero-order chi connectivity index (χ0) is 35.0. The van der Waals surface area contributed by atoms with E-state index < -0.39 is 60.1 Å². The maximum atomic E-state index is 12.4. The Morgan fingerprint density at radius 1 is 1.10 bits per heavy atom. The third-order valence-electron chi connectivity index (χ3n) is 10.4. The van der Waals surface area contributed by atoms with Crippen molar-refractivity contribution in [3.63, 3.8) is 0 Å². The number of carboxylic acid groups (broad SMARTS) is 1. The van der Waals surface area contributed by atoms with Crippen molar-refractivity contribution in [1.29, 1.82) is 0 Å². The Morgan fingerprint density at radius 2 is 1.85 bits per heavy atom. The average Bonchev–Trinajstić information content (AvgIpc) is 3.07. The molecule has 13 nitrogen and oxygen atoms in total. The van der Waals surface area contributed by atoms with Crippen molar-refractivity contribution >= 4 is 44.1 Å². The number of aromatic hydroxyl groups is 2. The van der Waals surface area contributed by atoms with Crippen LogP contribution < -0.4 is 4.74 Å². The number of aliphatic hydroxyl groups is 4. The first-order valence-electron chi connectivity index (χ1n) is 15.9. The SMILES string of the molecule is CC(=O)c1c(C)c(O)c2cc(C(=O)O)cc(O[C@@H]3O[C@H](CO)[C@]4(CC[C@H](C)[C@@H]5CCOC[C@]5(CCO)CSSCO4)[C@H](O)[C@H]3O)c2c1O. The van der Waals surface area contributed by atoms with Crippen LogP contribution in [0.15, 0.2) is 12.1 Å². The van der Waals surface area contributed by atoms with Gasteiger partial charge in [0.25, 0.3) is 0 Å². The first-order valence-corrected chi connectivity index (χ1v) is 18.4. The molecule has 0 saturated carbocycles. The highest BCUT2D eigenvalue weighted by Gasteiger charge is 2.58. The summed E-state index contributed by atoms with van der Waals surface area (Å²) in [6, 6.07) is 2.17. The molecular formula is C33H44O13S2. The predicted molar refractivity (Wildman–Crippen MR) is 178 cm³/mol. The van der Waals surface area contributed by atoms with E-state index in [9.17, 15) is 45.3 Å². The lowest BCUT2D eigenvalue weighted by Crippen LogP contribution is -2.69. The molecule has 0 unspecified atom stereocenters. The lowest BCUT2D eigenvalue weighted by atomic mass is 9.65. The first kappa shape index (κ1) is 36.9. The average molecular weight is 713 g/mol. The van der Waals surface area contributed by atoms with E-state index in [2.05, 4.69) is 6.92 Å². The number of ketones is 1. The Bertz CT molecular complexity index is 1510. The fraction of sp³-hybridized carbons (Fsp3) is 0.636. The molecule has 0 aromatic heterocycles. The van der Waals surface area contributed by atoms with Crippen LogP contribution in [0.3, 0.4) is 0 Å².